The van der Waals surface area contributed by atoms with Crippen LogP contribution in [-0.4, -0.2) is 21.2 Å². The first-order chi connectivity index (χ1) is 13.5. The average Bonchev–Trinajstić information content (AvgIpc) is 3.22. The number of hydrogen-bond acceptors (Lipinski definition) is 3. The first-order valence-electron chi connectivity index (χ1n) is 9.07. The van der Waals surface area contributed by atoms with E-state index in [1.807, 2.05) is 61.0 Å². The molecule has 0 radical (unpaired) electrons. The van der Waals surface area contributed by atoms with Crippen LogP contribution in [-0.2, 0) is 0 Å². The van der Waals surface area contributed by atoms with Crippen molar-refractivity contribution in [2.24, 2.45) is 0 Å². The number of carbonyl (C=O) groups is 2. The molecule has 0 saturated heterocycles. The van der Waals surface area contributed by atoms with E-state index in [-0.39, 0.29) is 11.8 Å². The molecule has 0 saturated carbocycles. The summed E-state index contributed by atoms with van der Waals surface area (Å²) in [7, 11) is 0. The van der Waals surface area contributed by atoms with Gasteiger partial charge >= 0.3 is 0 Å². The first kappa shape index (κ1) is 16.4. The predicted octanol–water partition coefficient (Wildman–Crippen LogP) is 4.42. The van der Waals surface area contributed by atoms with Crippen molar-refractivity contribution < 1.29 is 9.59 Å². The number of nitrogens with zero attached hydrogens (tertiary/aromatic N) is 3. The van der Waals surface area contributed by atoms with E-state index < -0.39 is 0 Å². The van der Waals surface area contributed by atoms with Gasteiger partial charge in [0.2, 0.25) is 0 Å². The van der Waals surface area contributed by atoms with Gasteiger partial charge in [0.1, 0.15) is 5.65 Å². The van der Waals surface area contributed by atoms with Gasteiger partial charge < -0.3 is 4.40 Å². The maximum Gasteiger partial charge on any atom is 0.266 e. The van der Waals surface area contributed by atoms with E-state index in [0.717, 1.165) is 28.0 Å². The number of imidazole rings is 1. The lowest BCUT2D eigenvalue weighted by Gasteiger charge is -2.17. The summed E-state index contributed by atoms with van der Waals surface area (Å²) in [6.07, 6.45) is 3.92. The Morgan fingerprint density at radius 2 is 1.57 bits per heavy atom. The summed E-state index contributed by atoms with van der Waals surface area (Å²) in [5, 5.41) is 0. The number of benzene rings is 2. The number of carbonyl (C=O) groups excluding carboxylic acids is 2. The minimum atomic E-state index is -0.286. The van der Waals surface area contributed by atoms with Crippen molar-refractivity contribution in [3.63, 3.8) is 0 Å². The zero-order valence-electron chi connectivity index (χ0n) is 15.5. The molecular formula is C23H17N3O2. The molecule has 4 aromatic rings. The number of fused-ring (bicyclic) bond motifs is 2. The monoisotopic (exact) mass is 367 g/mol. The van der Waals surface area contributed by atoms with Gasteiger partial charge in [-0.15, -0.1) is 0 Å². The molecular weight excluding hydrogens is 350 g/mol. The average molecular weight is 367 g/mol. The van der Waals surface area contributed by atoms with Crippen LogP contribution in [0.25, 0.3) is 16.9 Å². The molecule has 0 aliphatic carbocycles. The Morgan fingerprint density at radius 3 is 2.29 bits per heavy atom. The van der Waals surface area contributed by atoms with E-state index >= 15 is 0 Å². The number of pyridine rings is 1. The van der Waals surface area contributed by atoms with Crippen molar-refractivity contribution in [1.29, 1.82) is 0 Å². The van der Waals surface area contributed by atoms with E-state index in [1.165, 1.54) is 4.90 Å². The van der Waals surface area contributed by atoms with Gasteiger partial charge in [-0.1, -0.05) is 24.3 Å². The molecule has 0 fully saturated rings. The second-order valence-corrected chi connectivity index (χ2v) is 7.09. The molecule has 1 aliphatic rings. The summed E-state index contributed by atoms with van der Waals surface area (Å²) >= 11 is 0. The van der Waals surface area contributed by atoms with Crippen LogP contribution >= 0.6 is 0 Å². The maximum absolute atomic E-state index is 12.9. The molecule has 0 bridgehead atoms. The van der Waals surface area contributed by atoms with Gasteiger partial charge in [0.15, 0.2) is 0 Å². The van der Waals surface area contributed by atoms with E-state index in [2.05, 4.69) is 0 Å². The molecule has 28 heavy (non-hydrogen) atoms. The topological polar surface area (TPSA) is 54.7 Å². The minimum absolute atomic E-state index is 0.286. The highest BCUT2D eigenvalue weighted by molar-refractivity contribution is 6.34. The van der Waals surface area contributed by atoms with Gasteiger partial charge in [-0.05, 0) is 55.3 Å². The van der Waals surface area contributed by atoms with Crippen molar-refractivity contribution in [3.8, 4) is 11.3 Å². The summed E-state index contributed by atoms with van der Waals surface area (Å²) < 4.78 is 1.96. The Morgan fingerprint density at radius 1 is 0.857 bits per heavy atom. The van der Waals surface area contributed by atoms with E-state index in [4.69, 9.17) is 4.98 Å². The third-order valence-corrected chi connectivity index (χ3v) is 5.16. The van der Waals surface area contributed by atoms with Crippen LogP contribution < -0.4 is 4.90 Å². The Bertz CT molecular complexity index is 1250. The summed E-state index contributed by atoms with van der Waals surface area (Å²) in [4.78, 5) is 31.7. The quantitative estimate of drug-likeness (QED) is 0.493. The number of aromatic nitrogens is 2. The SMILES string of the molecule is Cc1ccn2cc(-c3ccc(C)c(N4C(=O)c5ccccc5C4=O)c3)nc2c1. The van der Waals surface area contributed by atoms with Gasteiger partial charge in [-0.3, -0.25) is 9.59 Å². The highest BCUT2D eigenvalue weighted by atomic mass is 16.2. The fourth-order valence-corrected chi connectivity index (χ4v) is 3.64. The van der Waals surface area contributed by atoms with Gasteiger partial charge in [0.05, 0.1) is 22.5 Å². The predicted molar refractivity (Wildman–Crippen MR) is 108 cm³/mol. The normalized spacial score (nSPS) is 13.4. The molecule has 0 atom stereocenters. The van der Waals surface area contributed by atoms with Gasteiger partial charge in [0.25, 0.3) is 11.8 Å². The largest absolute Gasteiger partial charge is 0.306 e. The zero-order chi connectivity index (χ0) is 19.4. The molecule has 5 heteroatoms. The highest BCUT2D eigenvalue weighted by Crippen LogP contribution is 2.33. The molecule has 5 rings (SSSR count). The number of amides is 2. The standard InChI is InChI=1S/C23H17N3O2/c1-14-9-10-25-13-19(24-21(25)11-14)16-8-7-15(2)20(12-16)26-22(27)17-5-3-4-6-18(17)23(26)28/h3-13H,1-2H3. The molecule has 2 aromatic heterocycles. The minimum Gasteiger partial charge on any atom is -0.306 e. The molecule has 136 valence electrons. The summed E-state index contributed by atoms with van der Waals surface area (Å²) in [5.74, 6) is -0.571. The van der Waals surface area contributed by atoms with E-state index in [0.29, 0.717) is 16.8 Å². The van der Waals surface area contributed by atoms with Crippen molar-refractivity contribution in [3.05, 3.63) is 89.2 Å². The van der Waals surface area contributed by atoms with Crippen LogP contribution in [0.15, 0.2) is 67.0 Å². The van der Waals surface area contributed by atoms with Crippen molar-refractivity contribution in [2.45, 2.75) is 13.8 Å². The molecule has 1 aliphatic heterocycles. The summed E-state index contributed by atoms with van der Waals surface area (Å²) in [6.45, 7) is 3.93. The van der Waals surface area contributed by atoms with Gasteiger partial charge in [-0.2, -0.15) is 0 Å². The fraction of sp³-hybridized carbons (Fsp3) is 0.0870. The second-order valence-electron chi connectivity index (χ2n) is 7.09. The Kier molecular flexibility index (Phi) is 3.46. The fourth-order valence-electron chi connectivity index (χ4n) is 3.64. The second kappa shape index (κ2) is 5.89. The third kappa shape index (κ3) is 2.36. The van der Waals surface area contributed by atoms with Crippen LogP contribution in [0.3, 0.4) is 0 Å². The number of anilines is 1. The Balaban J connectivity index is 1.62. The van der Waals surface area contributed by atoms with Gasteiger partial charge in [-0.25, -0.2) is 9.88 Å². The lowest BCUT2D eigenvalue weighted by molar-refractivity contribution is 0.0926. The third-order valence-electron chi connectivity index (χ3n) is 5.16. The maximum atomic E-state index is 12.9. The van der Waals surface area contributed by atoms with Crippen LogP contribution in [0.1, 0.15) is 31.8 Å². The van der Waals surface area contributed by atoms with Crippen LogP contribution in [0.2, 0.25) is 0 Å². The molecule has 3 heterocycles. The molecule has 5 nitrogen and oxygen atoms in total. The van der Waals surface area contributed by atoms with Gasteiger partial charge in [0, 0.05) is 18.0 Å². The number of rotatable bonds is 2. The van der Waals surface area contributed by atoms with Crippen LogP contribution in [0, 0.1) is 13.8 Å². The van der Waals surface area contributed by atoms with Crippen LogP contribution in [0.4, 0.5) is 5.69 Å². The highest BCUT2D eigenvalue weighted by Gasteiger charge is 2.37. The van der Waals surface area contributed by atoms with Crippen molar-refractivity contribution >= 4 is 23.1 Å². The molecule has 0 spiro atoms. The molecule has 2 amide bonds. The lowest BCUT2D eigenvalue weighted by atomic mass is 10.1. The van der Waals surface area contributed by atoms with Crippen molar-refractivity contribution in [2.75, 3.05) is 4.90 Å². The van der Waals surface area contributed by atoms with E-state index in [9.17, 15) is 9.59 Å². The lowest BCUT2D eigenvalue weighted by Crippen LogP contribution is -2.30. The zero-order valence-corrected chi connectivity index (χ0v) is 15.5. The summed E-state index contributed by atoms with van der Waals surface area (Å²) in [6, 6.07) is 16.7. The van der Waals surface area contributed by atoms with Crippen molar-refractivity contribution in [1.82, 2.24) is 9.38 Å². The van der Waals surface area contributed by atoms with Crippen LogP contribution in [0.5, 0.6) is 0 Å². The number of imide groups is 1. The first-order valence-corrected chi connectivity index (χ1v) is 9.07. The number of aryl methyl sites for hydroxylation is 2. The molecule has 0 unspecified atom stereocenters. The molecule has 2 aromatic carbocycles. The Labute approximate surface area is 161 Å². The smallest absolute Gasteiger partial charge is 0.266 e. The Hall–Kier alpha value is -3.73. The molecule has 0 N–H and O–H groups in total. The number of hydrogen-bond donors (Lipinski definition) is 0. The summed E-state index contributed by atoms with van der Waals surface area (Å²) in [5.41, 5.74) is 6.00. The van der Waals surface area contributed by atoms with E-state index in [1.54, 1.807) is 24.3 Å².